The van der Waals surface area contributed by atoms with Gasteiger partial charge in [0, 0.05) is 5.54 Å². The number of benzene rings is 1. The number of ether oxygens (including phenoxy) is 2. The molecule has 4 unspecified atom stereocenters. The summed E-state index contributed by atoms with van der Waals surface area (Å²) in [4.78, 5) is 25.2. The average molecular weight is 362 g/mol. The van der Waals surface area contributed by atoms with Crippen LogP contribution in [0.2, 0.25) is 0 Å². The van der Waals surface area contributed by atoms with E-state index in [4.69, 9.17) is 9.47 Å². The van der Waals surface area contributed by atoms with Crippen LogP contribution in [0.4, 0.5) is 9.59 Å². The highest BCUT2D eigenvalue weighted by Crippen LogP contribution is 2.39. The van der Waals surface area contributed by atoms with Crippen molar-refractivity contribution in [2.24, 2.45) is 0 Å². The van der Waals surface area contributed by atoms with Crippen LogP contribution in [0.5, 0.6) is 0 Å². The van der Waals surface area contributed by atoms with Crippen LogP contribution in [0.25, 0.3) is 0 Å². The smallest absolute Gasteiger partial charge is 0.408 e. The zero-order chi connectivity index (χ0) is 18.9. The van der Waals surface area contributed by atoms with E-state index >= 15 is 0 Å². The van der Waals surface area contributed by atoms with Crippen molar-refractivity contribution in [3.63, 3.8) is 0 Å². The van der Waals surface area contributed by atoms with E-state index in [-0.39, 0.29) is 30.9 Å². The van der Waals surface area contributed by atoms with Crippen LogP contribution < -0.4 is 5.32 Å². The summed E-state index contributed by atoms with van der Waals surface area (Å²) in [5, 5.41) is 12.4. The Labute approximate surface area is 153 Å². The number of fused-ring (bicyclic) bond motifs is 2. The van der Waals surface area contributed by atoms with Gasteiger partial charge in [0.05, 0.1) is 24.3 Å². The monoisotopic (exact) mass is 362 g/mol. The zero-order valence-electron chi connectivity index (χ0n) is 15.3. The number of carboxylic acid groups (broad SMARTS) is 1. The Morgan fingerprint density at radius 3 is 2.46 bits per heavy atom. The lowest BCUT2D eigenvalue weighted by Crippen LogP contribution is -2.56. The second-order valence-electron chi connectivity index (χ2n) is 7.89. The summed E-state index contributed by atoms with van der Waals surface area (Å²) in [7, 11) is 0. The highest BCUT2D eigenvalue weighted by atomic mass is 16.6. The number of nitrogens with zero attached hydrogens (tertiary/aromatic N) is 1. The standard InChI is InChI=1S/C19H26N2O5/c1-19(2,3)21(18(23)24)14-10-15-13(9-16(14)26-15)20-17(22)25-11-12-7-5-4-6-8-12/h4-8,13-16H,9-11H2,1-3H3,(H,20,22)(H,23,24). The topological polar surface area (TPSA) is 88.1 Å². The fourth-order valence-corrected chi connectivity index (χ4v) is 3.90. The summed E-state index contributed by atoms with van der Waals surface area (Å²) in [5.41, 5.74) is 0.427. The molecule has 142 valence electrons. The first-order valence-corrected chi connectivity index (χ1v) is 8.90. The maximum Gasteiger partial charge on any atom is 0.408 e. The van der Waals surface area contributed by atoms with Gasteiger partial charge in [0.15, 0.2) is 0 Å². The lowest BCUT2D eigenvalue weighted by Gasteiger charge is -2.41. The fraction of sp³-hybridized carbons (Fsp3) is 0.579. The van der Waals surface area contributed by atoms with E-state index in [2.05, 4.69) is 5.32 Å². The van der Waals surface area contributed by atoms with Crippen LogP contribution in [0.15, 0.2) is 30.3 Å². The number of rotatable bonds is 4. The van der Waals surface area contributed by atoms with Gasteiger partial charge >= 0.3 is 12.2 Å². The largest absolute Gasteiger partial charge is 0.465 e. The Morgan fingerprint density at radius 1 is 1.23 bits per heavy atom. The van der Waals surface area contributed by atoms with Crippen LogP contribution in [-0.4, -0.2) is 52.0 Å². The van der Waals surface area contributed by atoms with Gasteiger partial charge in [-0.25, -0.2) is 9.59 Å². The minimum Gasteiger partial charge on any atom is -0.465 e. The summed E-state index contributed by atoms with van der Waals surface area (Å²) in [6.07, 6.45) is -0.621. The van der Waals surface area contributed by atoms with Gasteiger partial charge in [-0.15, -0.1) is 0 Å². The van der Waals surface area contributed by atoms with E-state index in [1.807, 2.05) is 51.1 Å². The third kappa shape index (κ3) is 3.93. The second kappa shape index (κ2) is 7.15. The van der Waals surface area contributed by atoms with Crippen molar-refractivity contribution in [1.29, 1.82) is 0 Å². The van der Waals surface area contributed by atoms with Gasteiger partial charge in [-0.1, -0.05) is 30.3 Å². The predicted octanol–water partition coefficient (Wildman–Crippen LogP) is 2.99. The van der Waals surface area contributed by atoms with Crippen molar-refractivity contribution >= 4 is 12.2 Å². The highest BCUT2D eigenvalue weighted by Gasteiger charge is 2.52. The number of hydrogen-bond acceptors (Lipinski definition) is 4. The first kappa shape index (κ1) is 18.5. The first-order chi connectivity index (χ1) is 12.3. The molecule has 1 aromatic rings. The molecule has 1 aromatic carbocycles. The van der Waals surface area contributed by atoms with Crippen LogP contribution in [0.3, 0.4) is 0 Å². The molecule has 2 fully saturated rings. The molecule has 2 amide bonds. The van der Waals surface area contributed by atoms with Gasteiger partial charge in [0.25, 0.3) is 0 Å². The Balaban J connectivity index is 1.52. The Morgan fingerprint density at radius 2 is 1.92 bits per heavy atom. The van der Waals surface area contributed by atoms with Crippen molar-refractivity contribution in [3.05, 3.63) is 35.9 Å². The first-order valence-electron chi connectivity index (χ1n) is 8.90. The molecule has 0 radical (unpaired) electrons. The summed E-state index contributed by atoms with van der Waals surface area (Å²) in [5.74, 6) is 0. The summed E-state index contributed by atoms with van der Waals surface area (Å²) < 4.78 is 11.2. The molecule has 2 saturated heterocycles. The minimum absolute atomic E-state index is 0.143. The number of amides is 2. The van der Waals surface area contributed by atoms with Crippen LogP contribution in [0, 0.1) is 0 Å². The molecular weight excluding hydrogens is 336 g/mol. The quantitative estimate of drug-likeness (QED) is 0.860. The van der Waals surface area contributed by atoms with Gasteiger partial charge in [-0.3, -0.25) is 4.90 Å². The average Bonchev–Trinajstić information content (AvgIpc) is 3.12. The van der Waals surface area contributed by atoms with Crippen molar-refractivity contribution in [2.45, 2.75) is 70.1 Å². The SMILES string of the molecule is CC(C)(C)N(C(=O)O)C1CC2OC1CC2NC(=O)OCc1ccccc1. The van der Waals surface area contributed by atoms with E-state index in [0.29, 0.717) is 12.8 Å². The normalized spacial score (nSPS) is 27.2. The second-order valence-corrected chi connectivity index (χ2v) is 7.89. The number of hydrogen-bond donors (Lipinski definition) is 2. The predicted molar refractivity (Wildman–Crippen MR) is 94.9 cm³/mol. The minimum atomic E-state index is -0.939. The lowest BCUT2D eigenvalue weighted by atomic mass is 9.88. The molecule has 0 aliphatic carbocycles. The molecule has 2 N–H and O–H groups in total. The van der Waals surface area contributed by atoms with Crippen LogP contribution in [-0.2, 0) is 16.1 Å². The van der Waals surface area contributed by atoms with E-state index in [1.54, 1.807) is 0 Å². The van der Waals surface area contributed by atoms with Crippen molar-refractivity contribution in [2.75, 3.05) is 0 Å². The Kier molecular flexibility index (Phi) is 5.09. The molecule has 0 saturated carbocycles. The molecule has 2 heterocycles. The van der Waals surface area contributed by atoms with E-state index in [1.165, 1.54) is 4.90 Å². The molecular formula is C19H26N2O5. The number of carbonyl (C=O) groups excluding carboxylic acids is 1. The van der Waals surface area contributed by atoms with Crippen molar-refractivity contribution < 1.29 is 24.2 Å². The molecule has 26 heavy (non-hydrogen) atoms. The number of carbonyl (C=O) groups is 2. The van der Waals surface area contributed by atoms with Gasteiger partial charge in [-0.05, 0) is 39.2 Å². The van der Waals surface area contributed by atoms with Gasteiger partial charge in [0.2, 0.25) is 0 Å². The third-order valence-electron chi connectivity index (χ3n) is 4.96. The van der Waals surface area contributed by atoms with Gasteiger partial charge in [-0.2, -0.15) is 0 Å². The molecule has 2 aliphatic rings. The van der Waals surface area contributed by atoms with Crippen molar-refractivity contribution in [1.82, 2.24) is 10.2 Å². The number of nitrogens with one attached hydrogen (secondary N) is 1. The maximum absolute atomic E-state index is 12.0. The summed E-state index contributed by atoms with van der Waals surface area (Å²) >= 11 is 0. The highest BCUT2D eigenvalue weighted by molar-refractivity contribution is 5.68. The Hall–Kier alpha value is -2.28. The Bertz CT molecular complexity index is 658. The molecule has 2 aliphatic heterocycles. The third-order valence-corrected chi connectivity index (χ3v) is 4.96. The fourth-order valence-electron chi connectivity index (χ4n) is 3.90. The van der Waals surface area contributed by atoms with E-state index < -0.39 is 17.7 Å². The lowest BCUT2D eigenvalue weighted by molar-refractivity contribution is 0.0321. The van der Waals surface area contributed by atoms with E-state index in [9.17, 15) is 14.7 Å². The molecule has 4 atom stereocenters. The van der Waals surface area contributed by atoms with Gasteiger partial charge < -0.3 is 19.9 Å². The van der Waals surface area contributed by atoms with Crippen LogP contribution >= 0.6 is 0 Å². The van der Waals surface area contributed by atoms with Crippen molar-refractivity contribution in [3.8, 4) is 0 Å². The molecule has 7 nitrogen and oxygen atoms in total. The van der Waals surface area contributed by atoms with Crippen LogP contribution in [0.1, 0.15) is 39.2 Å². The molecule has 3 rings (SSSR count). The molecule has 2 bridgehead atoms. The zero-order valence-corrected chi connectivity index (χ0v) is 15.3. The molecule has 7 heteroatoms. The van der Waals surface area contributed by atoms with Gasteiger partial charge in [0.1, 0.15) is 6.61 Å². The van der Waals surface area contributed by atoms with E-state index in [0.717, 1.165) is 5.56 Å². The maximum atomic E-state index is 12.0. The summed E-state index contributed by atoms with van der Waals surface area (Å²) in [6.45, 7) is 5.85. The molecule has 0 spiro atoms. The molecule has 0 aromatic heterocycles. The number of alkyl carbamates (subject to hydrolysis) is 1. The summed E-state index contributed by atoms with van der Waals surface area (Å²) in [6, 6.07) is 9.15.